The van der Waals surface area contributed by atoms with Gasteiger partial charge in [0.05, 0.1) is 11.8 Å². The zero-order valence-electron chi connectivity index (χ0n) is 9.09. The van der Waals surface area contributed by atoms with Crippen molar-refractivity contribution in [1.29, 1.82) is 0 Å². The molecule has 86 valence electrons. The summed E-state index contributed by atoms with van der Waals surface area (Å²) in [6.07, 6.45) is 3.76. The molecule has 0 aromatic rings. The highest BCUT2D eigenvalue weighted by atomic mass is 19.1. The van der Waals surface area contributed by atoms with Crippen molar-refractivity contribution in [1.82, 2.24) is 5.32 Å². The van der Waals surface area contributed by atoms with Crippen LogP contribution in [0.25, 0.3) is 0 Å². The first-order chi connectivity index (χ1) is 7.16. The van der Waals surface area contributed by atoms with Crippen molar-refractivity contribution in [2.75, 3.05) is 6.54 Å². The third-order valence-electron chi connectivity index (χ3n) is 2.94. The van der Waals surface area contributed by atoms with Gasteiger partial charge in [0.25, 0.3) is 0 Å². The van der Waals surface area contributed by atoms with E-state index in [0.29, 0.717) is 19.4 Å². The van der Waals surface area contributed by atoms with Crippen LogP contribution in [0.1, 0.15) is 39.0 Å². The Morgan fingerprint density at radius 3 is 2.40 bits per heavy atom. The van der Waals surface area contributed by atoms with Crippen LogP contribution in [-0.2, 0) is 9.59 Å². The van der Waals surface area contributed by atoms with Crippen LogP contribution >= 0.6 is 0 Å². The summed E-state index contributed by atoms with van der Waals surface area (Å²) in [6.45, 7) is 2.56. The summed E-state index contributed by atoms with van der Waals surface area (Å²) in [5.41, 5.74) is 0. The maximum Gasteiger partial charge on any atom is 0.305 e. The highest BCUT2D eigenvalue weighted by molar-refractivity contribution is 5.85. The maximum absolute atomic E-state index is 12.7. The molecule has 1 fully saturated rings. The molecule has 0 unspecified atom stereocenters. The molecule has 2 atom stereocenters. The second kappa shape index (κ2) is 5.83. The third kappa shape index (κ3) is 3.29. The van der Waals surface area contributed by atoms with Crippen LogP contribution in [0.2, 0.25) is 0 Å². The minimum Gasteiger partial charge on any atom is -0.356 e. The van der Waals surface area contributed by atoms with Gasteiger partial charge in [0.1, 0.15) is 0 Å². The Morgan fingerprint density at radius 1 is 1.27 bits per heavy atom. The Morgan fingerprint density at radius 2 is 1.87 bits per heavy atom. The van der Waals surface area contributed by atoms with Crippen molar-refractivity contribution in [2.45, 2.75) is 39.0 Å². The molecule has 0 radical (unpaired) electrons. The molecule has 0 saturated heterocycles. The zero-order chi connectivity index (χ0) is 11.3. The minimum absolute atomic E-state index is 0.160. The third-order valence-corrected chi connectivity index (χ3v) is 2.94. The summed E-state index contributed by atoms with van der Waals surface area (Å²) in [5, 5.41) is 2.73. The molecule has 3 nitrogen and oxygen atoms in total. The van der Waals surface area contributed by atoms with Crippen molar-refractivity contribution < 1.29 is 14.0 Å². The summed E-state index contributed by atoms with van der Waals surface area (Å²) in [7, 11) is 0. The fraction of sp³-hybridized carbons (Fsp3) is 0.818. The normalized spacial score (nSPS) is 26.0. The molecule has 0 bridgehead atoms. The number of hydrogen-bond donors (Lipinski definition) is 1. The van der Waals surface area contributed by atoms with Gasteiger partial charge >= 0.3 is 6.04 Å². The molecule has 0 spiro atoms. The van der Waals surface area contributed by atoms with Crippen LogP contribution in [0.5, 0.6) is 0 Å². The fourth-order valence-electron chi connectivity index (χ4n) is 2.10. The van der Waals surface area contributed by atoms with E-state index in [9.17, 15) is 14.0 Å². The molecular formula is C11H18FNO2. The van der Waals surface area contributed by atoms with E-state index in [4.69, 9.17) is 0 Å². The van der Waals surface area contributed by atoms with Gasteiger partial charge in [-0.05, 0) is 19.3 Å². The van der Waals surface area contributed by atoms with Crippen molar-refractivity contribution in [2.24, 2.45) is 11.8 Å². The summed E-state index contributed by atoms with van der Waals surface area (Å²) < 4.78 is 12.7. The van der Waals surface area contributed by atoms with Crippen LogP contribution in [0.3, 0.4) is 0 Å². The second-order valence-corrected chi connectivity index (χ2v) is 4.09. The maximum atomic E-state index is 12.7. The molecular weight excluding hydrogens is 197 g/mol. The molecule has 1 rings (SSSR count). The Labute approximate surface area is 89.4 Å². The van der Waals surface area contributed by atoms with Gasteiger partial charge in [-0.1, -0.05) is 19.8 Å². The van der Waals surface area contributed by atoms with Crippen LogP contribution in [0.4, 0.5) is 4.39 Å². The van der Waals surface area contributed by atoms with Gasteiger partial charge in [0.15, 0.2) is 0 Å². The monoisotopic (exact) mass is 215 g/mol. The van der Waals surface area contributed by atoms with Gasteiger partial charge in [-0.2, -0.15) is 4.39 Å². The lowest BCUT2D eigenvalue weighted by Gasteiger charge is -2.27. The number of halogens is 1. The Balaban J connectivity index is 2.55. The minimum atomic E-state index is -1.33. The first-order valence-electron chi connectivity index (χ1n) is 5.64. The summed E-state index contributed by atoms with van der Waals surface area (Å²) in [4.78, 5) is 22.4. The van der Waals surface area contributed by atoms with Crippen molar-refractivity contribution in [3.8, 4) is 0 Å². The van der Waals surface area contributed by atoms with E-state index >= 15 is 0 Å². The van der Waals surface area contributed by atoms with Crippen molar-refractivity contribution in [3.63, 3.8) is 0 Å². The Kier molecular flexibility index (Phi) is 4.72. The number of hydrogen-bond acceptors (Lipinski definition) is 2. The van der Waals surface area contributed by atoms with Gasteiger partial charge in [0, 0.05) is 6.54 Å². The zero-order valence-corrected chi connectivity index (χ0v) is 9.09. The van der Waals surface area contributed by atoms with Gasteiger partial charge in [-0.15, -0.1) is 0 Å². The van der Waals surface area contributed by atoms with Crippen molar-refractivity contribution in [3.05, 3.63) is 0 Å². The molecule has 1 N–H and O–H groups in total. The molecule has 1 aliphatic rings. The summed E-state index contributed by atoms with van der Waals surface area (Å²) >= 11 is 0. The van der Waals surface area contributed by atoms with Gasteiger partial charge in [0.2, 0.25) is 5.91 Å². The number of nitrogens with one attached hydrogen (secondary N) is 1. The fourth-order valence-corrected chi connectivity index (χ4v) is 2.10. The van der Waals surface area contributed by atoms with E-state index in [1.807, 2.05) is 6.92 Å². The van der Waals surface area contributed by atoms with E-state index in [1.54, 1.807) is 0 Å². The average Bonchev–Trinajstić information content (AvgIpc) is 2.25. The molecule has 4 heteroatoms. The molecule has 0 aliphatic heterocycles. The van der Waals surface area contributed by atoms with Crippen molar-refractivity contribution >= 4 is 11.9 Å². The Hall–Kier alpha value is -0.930. The number of carbonyl (C=O) groups is 2. The van der Waals surface area contributed by atoms with E-state index in [1.165, 1.54) is 0 Å². The van der Waals surface area contributed by atoms with Gasteiger partial charge < -0.3 is 5.32 Å². The first kappa shape index (κ1) is 12.1. The molecule has 0 aromatic carbocycles. The molecule has 1 amide bonds. The lowest BCUT2D eigenvalue weighted by Crippen LogP contribution is -2.39. The highest BCUT2D eigenvalue weighted by Crippen LogP contribution is 2.31. The number of rotatable bonds is 4. The van der Waals surface area contributed by atoms with Crippen LogP contribution < -0.4 is 5.32 Å². The standard InChI is InChI=1S/C11H18FNO2/c1-2-7-13-11(15)9-6-4-3-5-8(9)10(12)14/h8-9H,2-7H2,1H3,(H,13,15)/t8-,9-/m1/s1. The quantitative estimate of drug-likeness (QED) is 0.727. The van der Waals surface area contributed by atoms with Gasteiger partial charge in [-0.25, -0.2) is 0 Å². The predicted molar refractivity (Wildman–Crippen MR) is 54.9 cm³/mol. The Bertz CT molecular complexity index is 243. The second-order valence-electron chi connectivity index (χ2n) is 4.09. The molecule has 0 aromatic heterocycles. The van der Waals surface area contributed by atoms with E-state index in [2.05, 4.69) is 5.32 Å². The van der Waals surface area contributed by atoms with Crippen LogP contribution in [0.15, 0.2) is 0 Å². The molecule has 1 aliphatic carbocycles. The van der Waals surface area contributed by atoms with E-state index in [-0.39, 0.29) is 5.91 Å². The summed E-state index contributed by atoms with van der Waals surface area (Å²) in [6, 6.07) is -1.33. The molecule has 15 heavy (non-hydrogen) atoms. The molecule has 0 heterocycles. The van der Waals surface area contributed by atoms with E-state index in [0.717, 1.165) is 19.3 Å². The largest absolute Gasteiger partial charge is 0.356 e. The first-order valence-corrected chi connectivity index (χ1v) is 5.64. The smallest absolute Gasteiger partial charge is 0.305 e. The van der Waals surface area contributed by atoms with Crippen LogP contribution in [-0.4, -0.2) is 18.5 Å². The topological polar surface area (TPSA) is 46.2 Å². The lowest BCUT2D eigenvalue weighted by atomic mass is 9.79. The number of carbonyl (C=O) groups excluding carboxylic acids is 2. The summed E-state index contributed by atoms with van der Waals surface area (Å²) in [5.74, 6) is -1.30. The van der Waals surface area contributed by atoms with Crippen LogP contribution in [0, 0.1) is 11.8 Å². The predicted octanol–water partition coefficient (Wildman–Crippen LogP) is 1.82. The average molecular weight is 215 g/mol. The highest BCUT2D eigenvalue weighted by Gasteiger charge is 2.35. The SMILES string of the molecule is CCCNC(=O)[C@@H]1CCCC[C@H]1C(=O)F. The van der Waals surface area contributed by atoms with Gasteiger partial charge in [-0.3, -0.25) is 9.59 Å². The van der Waals surface area contributed by atoms with E-state index < -0.39 is 17.9 Å². The number of amides is 1. The molecule has 1 saturated carbocycles. The lowest BCUT2D eigenvalue weighted by molar-refractivity contribution is -0.142.